The zero-order chi connectivity index (χ0) is 24.4. The van der Waals surface area contributed by atoms with Gasteiger partial charge in [-0.05, 0) is 56.9 Å². The number of nitrogens with one attached hydrogen (secondary N) is 3. The van der Waals surface area contributed by atoms with Crippen LogP contribution < -0.4 is 16.0 Å². The Bertz CT molecular complexity index is 1190. The van der Waals surface area contributed by atoms with Crippen LogP contribution in [0.4, 0.5) is 5.82 Å². The molecule has 0 bridgehead atoms. The van der Waals surface area contributed by atoms with Crippen LogP contribution in [0.5, 0.6) is 0 Å². The topological polar surface area (TPSA) is 114 Å². The summed E-state index contributed by atoms with van der Waals surface area (Å²) in [5.41, 5.74) is 4.28. The molecule has 1 aliphatic heterocycles. The van der Waals surface area contributed by atoms with Gasteiger partial charge >= 0.3 is 0 Å². The summed E-state index contributed by atoms with van der Waals surface area (Å²) in [5.74, 6) is 0.850. The molecule has 2 aliphatic rings. The third-order valence-electron chi connectivity index (χ3n) is 7.15. The molecule has 9 nitrogen and oxygen atoms in total. The molecule has 3 N–H and O–H groups in total. The highest BCUT2D eigenvalue weighted by atomic mass is 16.5. The summed E-state index contributed by atoms with van der Waals surface area (Å²) in [4.78, 5) is 31.1. The first kappa shape index (κ1) is 23.3. The molecule has 4 heterocycles. The number of rotatable bonds is 6. The second kappa shape index (κ2) is 10.0. The molecule has 0 radical (unpaired) electrons. The Labute approximate surface area is 204 Å². The van der Waals surface area contributed by atoms with Gasteiger partial charge in [-0.1, -0.05) is 24.4 Å². The zero-order valence-corrected chi connectivity index (χ0v) is 20.3. The van der Waals surface area contributed by atoms with Crippen LogP contribution in [0.2, 0.25) is 0 Å². The van der Waals surface area contributed by atoms with Crippen molar-refractivity contribution in [2.24, 2.45) is 5.92 Å². The Kier molecular flexibility index (Phi) is 6.68. The normalized spacial score (nSPS) is 17.0. The van der Waals surface area contributed by atoms with Gasteiger partial charge in [0.1, 0.15) is 23.3 Å². The van der Waals surface area contributed by atoms with Crippen molar-refractivity contribution in [2.75, 3.05) is 11.9 Å². The molecule has 1 saturated carbocycles. The van der Waals surface area contributed by atoms with Crippen LogP contribution in [0.25, 0.3) is 11.1 Å². The maximum atomic E-state index is 13.4. The van der Waals surface area contributed by atoms with Gasteiger partial charge in [0.05, 0.1) is 5.69 Å². The van der Waals surface area contributed by atoms with Crippen LogP contribution in [-0.2, 0) is 17.9 Å². The standard InChI is InChI=1S/C26H32N6O3/c1-16-23(17(2)35-31-16)19-8-11-22(28-14-19)29-26(34)24(18-6-4-3-5-7-18)30-25(33)21-10-9-20-15-27-12-13-32(20)21/h8-11,14,18,24,27H,3-7,12-13,15H2,1-2H3,(H,30,33)(H,28,29,34)/t24-/m0/s1. The van der Waals surface area contributed by atoms with Crippen LogP contribution >= 0.6 is 0 Å². The largest absolute Gasteiger partial charge is 0.361 e. The van der Waals surface area contributed by atoms with E-state index in [1.165, 1.54) is 6.42 Å². The average molecular weight is 477 g/mol. The van der Waals surface area contributed by atoms with Crippen molar-refractivity contribution in [3.8, 4) is 11.1 Å². The molecule has 184 valence electrons. The van der Waals surface area contributed by atoms with E-state index in [-0.39, 0.29) is 17.7 Å². The predicted molar refractivity (Wildman–Crippen MR) is 132 cm³/mol. The van der Waals surface area contributed by atoms with E-state index >= 15 is 0 Å². The van der Waals surface area contributed by atoms with E-state index in [0.29, 0.717) is 11.5 Å². The number of amides is 2. The molecule has 0 unspecified atom stereocenters. The number of aromatic nitrogens is 3. The first-order valence-corrected chi connectivity index (χ1v) is 12.4. The van der Waals surface area contributed by atoms with E-state index < -0.39 is 6.04 Å². The van der Waals surface area contributed by atoms with Crippen molar-refractivity contribution in [3.63, 3.8) is 0 Å². The second-order valence-corrected chi connectivity index (χ2v) is 9.51. The molecule has 0 saturated heterocycles. The summed E-state index contributed by atoms with van der Waals surface area (Å²) >= 11 is 0. The van der Waals surface area contributed by atoms with Crippen LogP contribution in [0, 0.1) is 19.8 Å². The Hall–Kier alpha value is -3.46. The van der Waals surface area contributed by atoms with Gasteiger partial charge in [0, 0.05) is 42.7 Å². The minimum atomic E-state index is -0.611. The number of anilines is 1. The van der Waals surface area contributed by atoms with Gasteiger partial charge in [-0.3, -0.25) is 9.59 Å². The molecular formula is C26H32N6O3. The van der Waals surface area contributed by atoms with Gasteiger partial charge in [0.15, 0.2) is 0 Å². The lowest BCUT2D eigenvalue weighted by Gasteiger charge is -2.30. The second-order valence-electron chi connectivity index (χ2n) is 9.51. The number of pyridine rings is 1. The van der Waals surface area contributed by atoms with E-state index in [4.69, 9.17) is 4.52 Å². The van der Waals surface area contributed by atoms with Crippen LogP contribution in [0.15, 0.2) is 35.0 Å². The lowest BCUT2D eigenvalue weighted by atomic mass is 9.83. The first-order chi connectivity index (χ1) is 17.0. The fourth-order valence-corrected chi connectivity index (χ4v) is 5.33. The quantitative estimate of drug-likeness (QED) is 0.501. The van der Waals surface area contributed by atoms with Gasteiger partial charge in [0.2, 0.25) is 5.91 Å². The number of carbonyl (C=O) groups excluding carboxylic acids is 2. The maximum Gasteiger partial charge on any atom is 0.268 e. The van der Waals surface area contributed by atoms with Gasteiger partial charge in [-0.25, -0.2) is 4.98 Å². The van der Waals surface area contributed by atoms with Crippen molar-refractivity contribution >= 4 is 17.6 Å². The van der Waals surface area contributed by atoms with Crippen LogP contribution in [-0.4, -0.2) is 39.1 Å². The monoisotopic (exact) mass is 476 g/mol. The van der Waals surface area contributed by atoms with Gasteiger partial charge in [-0.15, -0.1) is 0 Å². The summed E-state index contributed by atoms with van der Waals surface area (Å²) in [6.07, 6.45) is 6.86. The molecule has 3 aromatic rings. The fraction of sp³-hybridized carbons (Fsp3) is 0.462. The molecule has 1 aliphatic carbocycles. The molecule has 35 heavy (non-hydrogen) atoms. The van der Waals surface area contributed by atoms with Gasteiger partial charge in [-0.2, -0.15) is 0 Å². The maximum absolute atomic E-state index is 13.4. The minimum Gasteiger partial charge on any atom is -0.361 e. The van der Waals surface area contributed by atoms with E-state index in [2.05, 4.69) is 26.1 Å². The van der Waals surface area contributed by atoms with E-state index in [1.54, 1.807) is 12.3 Å². The smallest absolute Gasteiger partial charge is 0.268 e. The van der Waals surface area contributed by atoms with Crippen molar-refractivity contribution in [3.05, 3.63) is 53.3 Å². The Morgan fingerprint density at radius 1 is 1.14 bits per heavy atom. The van der Waals surface area contributed by atoms with Crippen molar-refractivity contribution in [1.29, 1.82) is 0 Å². The first-order valence-electron chi connectivity index (χ1n) is 12.4. The summed E-state index contributed by atoms with van der Waals surface area (Å²) in [6, 6.07) is 6.88. The van der Waals surface area contributed by atoms with Crippen molar-refractivity contribution in [2.45, 2.75) is 65.1 Å². The predicted octanol–water partition coefficient (Wildman–Crippen LogP) is 3.58. The highest BCUT2D eigenvalue weighted by Gasteiger charge is 2.32. The van der Waals surface area contributed by atoms with E-state index in [1.807, 2.05) is 36.6 Å². The number of nitrogens with zero attached hydrogens (tertiary/aromatic N) is 3. The number of hydrogen-bond acceptors (Lipinski definition) is 6. The Balaban J connectivity index is 1.33. The summed E-state index contributed by atoms with van der Waals surface area (Å²) in [6.45, 7) is 6.06. The van der Waals surface area contributed by atoms with Crippen LogP contribution in [0.3, 0.4) is 0 Å². The molecular weight excluding hydrogens is 444 g/mol. The zero-order valence-electron chi connectivity index (χ0n) is 20.3. The summed E-state index contributed by atoms with van der Waals surface area (Å²) in [5, 5.41) is 13.3. The van der Waals surface area contributed by atoms with Gasteiger partial charge < -0.3 is 25.0 Å². The molecule has 3 aromatic heterocycles. The lowest BCUT2D eigenvalue weighted by Crippen LogP contribution is -2.49. The average Bonchev–Trinajstić information content (AvgIpc) is 3.46. The lowest BCUT2D eigenvalue weighted by molar-refractivity contribution is -0.119. The molecule has 0 aromatic carbocycles. The third kappa shape index (κ3) is 4.86. The number of hydrogen-bond donors (Lipinski definition) is 3. The van der Waals surface area contributed by atoms with E-state index in [0.717, 1.165) is 73.6 Å². The molecule has 1 fully saturated rings. The molecule has 9 heteroatoms. The molecule has 0 spiro atoms. The highest BCUT2D eigenvalue weighted by Crippen LogP contribution is 2.29. The molecule has 2 amide bonds. The van der Waals surface area contributed by atoms with Crippen LogP contribution in [0.1, 0.15) is 59.7 Å². The molecule has 1 atom stereocenters. The third-order valence-corrected chi connectivity index (χ3v) is 7.15. The number of fused-ring (bicyclic) bond motifs is 1. The minimum absolute atomic E-state index is 0.103. The highest BCUT2D eigenvalue weighted by molar-refractivity contribution is 6.00. The SMILES string of the molecule is Cc1noc(C)c1-c1ccc(NC(=O)[C@@H](NC(=O)c2ccc3n2CCNC3)C2CCCCC2)nc1. The van der Waals surface area contributed by atoms with Crippen molar-refractivity contribution < 1.29 is 14.1 Å². The summed E-state index contributed by atoms with van der Waals surface area (Å²) < 4.78 is 7.29. The van der Waals surface area contributed by atoms with Crippen molar-refractivity contribution in [1.82, 2.24) is 25.3 Å². The van der Waals surface area contributed by atoms with Gasteiger partial charge in [0.25, 0.3) is 5.91 Å². The Morgan fingerprint density at radius 3 is 2.69 bits per heavy atom. The number of carbonyl (C=O) groups is 2. The number of aryl methyl sites for hydroxylation is 2. The summed E-state index contributed by atoms with van der Waals surface area (Å²) in [7, 11) is 0. The molecule has 5 rings (SSSR count). The Morgan fingerprint density at radius 2 is 1.97 bits per heavy atom. The van der Waals surface area contributed by atoms with E-state index in [9.17, 15) is 9.59 Å². The fourth-order valence-electron chi connectivity index (χ4n) is 5.33.